The van der Waals surface area contributed by atoms with E-state index in [1.165, 1.54) is 27.4 Å². The van der Waals surface area contributed by atoms with E-state index in [0.717, 1.165) is 24.1 Å². The minimum atomic E-state index is -0.968. The van der Waals surface area contributed by atoms with Gasteiger partial charge in [-0.25, -0.2) is 23.9 Å². The van der Waals surface area contributed by atoms with Crippen LogP contribution in [-0.4, -0.2) is 118 Å². The molecular formula is C41H51FN8O7S. The maximum Gasteiger partial charge on any atom is 0.407 e. The number of hydrogen-bond acceptors (Lipinski definition) is 10. The molecule has 4 aromatic rings. The van der Waals surface area contributed by atoms with Crippen molar-refractivity contribution in [1.29, 1.82) is 0 Å². The average Bonchev–Trinajstić information content (AvgIpc) is 4.07. The first-order chi connectivity index (χ1) is 27.9. The van der Waals surface area contributed by atoms with E-state index >= 15 is 4.39 Å². The maximum atomic E-state index is 15.8. The van der Waals surface area contributed by atoms with E-state index in [1.54, 1.807) is 46.9 Å². The summed E-state index contributed by atoms with van der Waals surface area (Å²) in [5.74, 6) is 0.176. The summed E-state index contributed by atoms with van der Waals surface area (Å²) in [6, 6.07) is 10.1. The Morgan fingerprint density at radius 3 is 1.97 bits per heavy atom. The lowest BCUT2D eigenvalue weighted by Crippen LogP contribution is -2.54. The predicted octanol–water partition coefficient (Wildman–Crippen LogP) is 6.08. The average molecular weight is 819 g/mol. The van der Waals surface area contributed by atoms with E-state index in [-0.39, 0.29) is 29.0 Å². The number of carbonyl (C=O) groups excluding carboxylic acids is 4. The molecule has 17 heteroatoms. The summed E-state index contributed by atoms with van der Waals surface area (Å²) < 4.78 is 30.7. The number of likely N-dealkylation sites (tertiary alicyclic amines) is 2. The Morgan fingerprint density at radius 1 is 0.810 bits per heavy atom. The number of thioether (sulfide) groups is 1. The number of nitrogens with one attached hydrogen (secondary N) is 4. The highest BCUT2D eigenvalue weighted by molar-refractivity contribution is 7.99. The van der Waals surface area contributed by atoms with E-state index in [0.29, 0.717) is 53.5 Å². The molecule has 0 radical (unpaired) electrons. The van der Waals surface area contributed by atoms with Crippen LogP contribution in [0.3, 0.4) is 0 Å². The highest BCUT2D eigenvalue weighted by Crippen LogP contribution is 2.38. The number of benzene rings is 2. The summed E-state index contributed by atoms with van der Waals surface area (Å²) in [7, 11) is 3.98. The van der Waals surface area contributed by atoms with Gasteiger partial charge in [0.15, 0.2) is 0 Å². The number of alkyl carbamates (subject to hydrolysis) is 2. The van der Waals surface area contributed by atoms with Crippen molar-refractivity contribution in [1.82, 2.24) is 40.4 Å². The van der Waals surface area contributed by atoms with Crippen LogP contribution in [0.1, 0.15) is 63.8 Å². The summed E-state index contributed by atoms with van der Waals surface area (Å²) >= 11 is 1.65. The minimum absolute atomic E-state index is 0.137. The van der Waals surface area contributed by atoms with Crippen molar-refractivity contribution < 1.29 is 37.8 Å². The van der Waals surface area contributed by atoms with Gasteiger partial charge in [-0.3, -0.25) is 9.59 Å². The number of halogens is 1. The molecule has 4 heterocycles. The number of imidazole rings is 2. The van der Waals surface area contributed by atoms with Crippen LogP contribution in [0.4, 0.5) is 14.0 Å². The van der Waals surface area contributed by atoms with Crippen LogP contribution in [0.5, 0.6) is 0 Å². The van der Waals surface area contributed by atoms with Crippen molar-refractivity contribution in [2.75, 3.05) is 40.7 Å². The fourth-order valence-corrected chi connectivity index (χ4v) is 8.28. The molecule has 2 aromatic carbocycles. The first-order valence-electron chi connectivity index (χ1n) is 19.2. The Bertz CT molecular complexity index is 2090. The molecule has 2 fully saturated rings. The molecule has 6 rings (SSSR count). The van der Waals surface area contributed by atoms with Gasteiger partial charge in [-0.2, -0.15) is 11.8 Å². The largest absolute Gasteiger partial charge is 0.453 e. The SMILES string of the molecule is COC(=O)N[C@H](C(=O)N1CCC[C@H]1c1ncc(-c2ccc(-c3ccc(-c4cnc([C@@H]5C[C@H](SC)CN5C(=O)[C@@H](NC(=O)OC)C(C)OC)[nH]4)cc3F)cc2)[nH]1)C(C)C. The number of amides is 4. The van der Waals surface area contributed by atoms with Gasteiger partial charge in [0.05, 0.1) is 56.2 Å². The number of nitrogens with zero attached hydrogens (tertiary/aromatic N) is 4. The molecule has 2 aliphatic heterocycles. The molecule has 2 aromatic heterocycles. The molecule has 58 heavy (non-hydrogen) atoms. The van der Waals surface area contributed by atoms with Crippen molar-refractivity contribution in [3.8, 4) is 33.6 Å². The molecule has 15 nitrogen and oxygen atoms in total. The van der Waals surface area contributed by atoms with Crippen molar-refractivity contribution in [3.05, 3.63) is 72.3 Å². The lowest BCUT2D eigenvalue weighted by molar-refractivity contribution is -0.137. The molecular weight excluding hydrogens is 768 g/mol. The molecule has 0 saturated carbocycles. The zero-order valence-corrected chi connectivity index (χ0v) is 34.5. The van der Waals surface area contributed by atoms with Crippen molar-refractivity contribution in [2.45, 2.75) is 75.6 Å². The highest BCUT2D eigenvalue weighted by Gasteiger charge is 2.42. The maximum absolute atomic E-state index is 15.8. The van der Waals surface area contributed by atoms with Gasteiger partial charge in [-0.05, 0) is 55.6 Å². The van der Waals surface area contributed by atoms with Gasteiger partial charge in [0.25, 0.3) is 0 Å². The van der Waals surface area contributed by atoms with Gasteiger partial charge < -0.3 is 44.6 Å². The normalized spacial score (nSPS) is 19.5. The van der Waals surface area contributed by atoms with Crippen molar-refractivity contribution in [3.63, 3.8) is 0 Å². The number of ether oxygens (including phenoxy) is 3. The Morgan fingerprint density at radius 2 is 1.38 bits per heavy atom. The van der Waals surface area contributed by atoms with E-state index in [9.17, 15) is 19.2 Å². The number of aromatic amines is 2. The lowest BCUT2D eigenvalue weighted by atomic mass is 10.0. The molecule has 6 atom stereocenters. The van der Waals surface area contributed by atoms with E-state index < -0.39 is 42.2 Å². The van der Waals surface area contributed by atoms with Crippen molar-refractivity contribution in [2.24, 2.45) is 5.92 Å². The molecule has 310 valence electrons. The monoisotopic (exact) mass is 818 g/mol. The second-order valence-electron chi connectivity index (χ2n) is 14.8. The number of hydrogen-bond donors (Lipinski definition) is 4. The minimum Gasteiger partial charge on any atom is -0.453 e. The lowest BCUT2D eigenvalue weighted by Gasteiger charge is -2.30. The predicted molar refractivity (Wildman–Crippen MR) is 217 cm³/mol. The molecule has 4 N–H and O–H groups in total. The Labute approximate surface area is 341 Å². The molecule has 0 bridgehead atoms. The van der Waals surface area contributed by atoms with Crippen LogP contribution in [0.15, 0.2) is 54.9 Å². The molecule has 2 saturated heterocycles. The van der Waals surface area contributed by atoms with E-state index in [4.69, 9.17) is 14.2 Å². The number of carbonyl (C=O) groups is 4. The molecule has 0 spiro atoms. The Balaban J connectivity index is 1.15. The van der Waals surface area contributed by atoms with E-state index in [2.05, 4.69) is 30.6 Å². The number of H-pyrrole nitrogens is 2. The number of methoxy groups -OCH3 is 3. The van der Waals surface area contributed by atoms with Crippen LogP contribution >= 0.6 is 11.8 Å². The van der Waals surface area contributed by atoms with Gasteiger partial charge in [0.2, 0.25) is 11.8 Å². The van der Waals surface area contributed by atoms with Gasteiger partial charge in [0.1, 0.15) is 29.5 Å². The topological polar surface area (TPSA) is 184 Å². The smallest absolute Gasteiger partial charge is 0.407 e. The summed E-state index contributed by atoms with van der Waals surface area (Å²) in [5, 5.41) is 5.42. The van der Waals surface area contributed by atoms with Gasteiger partial charge in [-0.15, -0.1) is 0 Å². The Hall–Kier alpha value is -5.42. The van der Waals surface area contributed by atoms with Crippen LogP contribution in [0, 0.1) is 11.7 Å². The first kappa shape index (κ1) is 42.2. The Kier molecular flexibility index (Phi) is 13.4. The van der Waals surface area contributed by atoms with Crippen LogP contribution in [-0.2, 0) is 23.8 Å². The molecule has 4 amide bonds. The van der Waals surface area contributed by atoms with Gasteiger partial charge in [-0.1, -0.05) is 50.2 Å². The second-order valence-corrected chi connectivity index (χ2v) is 16.0. The second kappa shape index (κ2) is 18.4. The van der Waals surface area contributed by atoms with Crippen LogP contribution in [0.25, 0.3) is 33.6 Å². The van der Waals surface area contributed by atoms with Crippen LogP contribution in [0.2, 0.25) is 0 Å². The summed E-state index contributed by atoms with van der Waals surface area (Å²) in [5.41, 5.74) is 3.91. The quantitative estimate of drug-likeness (QED) is 0.123. The zero-order valence-electron chi connectivity index (χ0n) is 33.7. The zero-order chi connectivity index (χ0) is 41.7. The standard InChI is InChI=1S/C41H51FN8O7S/c1-22(2)34(47-40(53)56-5)38(51)49-16-8-9-32(49)36-43-19-30(45-36)25-12-10-24(11-13-25)28-15-14-26(17-29(28)42)31-20-44-37(46-31)33-18-27(58-7)21-50(33)39(52)35(23(3)55-4)48-41(54)57-6/h10-15,17,19-20,22-23,27,32-35H,8-9,16,18,21H2,1-7H3,(H,43,45)(H,44,46)(H,47,53)(H,48,54)/t23?,27-,32-,33-,34-,35-/m0/s1. The summed E-state index contributed by atoms with van der Waals surface area (Å²) in [6.07, 6.45) is 5.54. The van der Waals surface area contributed by atoms with Crippen LogP contribution < -0.4 is 10.6 Å². The molecule has 2 aliphatic rings. The third-order valence-electron chi connectivity index (χ3n) is 11.0. The fraction of sp³-hybridized carbons (Fsp3) is 0.463. The fourth-order valence-electron chi connectivity index (χ4n) is 7.60. The summed E-state index contributed by atoms with van der Waals surface area (Å²) in [4.78, 5) is 70.9. The summed E-state index contributed by atoms with van der Waals surface area (Å²) in [6.45, 7) is 6.46. The van der Waals surface area contributed by atoms with Gasteiger partial charge >= 0.3 is 12.2 Å². The first-order valence-corrected chi connectivity index (χ1v) is 20.5. The highest BCUT2D eigenvalue weighted by atomic mass is 32.2. The van der Waals surface area contributed by atoms with Crippen molar-refractivity contribution >= 4 is 35.8 Å². The van der Waals surface area contributed by atoms with E-state index in [1.807, 2.05) is 50.4 Å². The third-order valence-corrected chi connectivity index (χ3v) is 12.0. The number of rotatable bonds is 13. The molecule has 1 unspecified atom stereocenters. The van der Waals surface area contributed by atoms with Gasteiger partial charge in [0, 0.05) is 36.6 Å². The molecule has 0 aliphatic carbocycles. The number of aromatic nitrogens is 4. The third kappa shape index (κ3) is 8.99.